The van der Waals surface area contributed by atoms with Crippen molar-refractivity contribution in [2.75, 3.05) is 13.2 Å². The summed E-state index contributed by atoms with van der Waals surface area (Å²) in [6.07, 6.45) is 3.10. The number of fused-ring (bicyclic) bond motifs is 1. The third kappa shape index (κ3) is 2.01. The fraction of sp³-hybridized carbons (Fsp3) is 0.533. The standard InChI is InChI=1S/C15H17BrN2O4S2/c1-4-6-22-12(21)14(8-19)13(2,3)24-11-15(16,10(20)18(11)14)9-17-5-7-23-9/h4-5,7,11,19H,1,6,8H2,2-3H3/t11-,14+,15+/m1/s1. The lowest BCUT2D eigenvalue weighted by Crippen LogP contribution is -2.76. The van der Waals surface area contributed by atoms with Crippen molar-refractivity contribution in [1.29, 1.82) is 0 Å². The zero-order chi connectivity index (χ0) is 17.8. The Morgan fingerprint density at radius 1 is 1.62 bits per heavy atom. The van der Waals surface area contributed by atoms with E-state index in [0.717, 1.165) is 0 Å². The molecule has 0 aliphatic carbocycles. The van der Waals surface area contributed by atoms with Crippen LogP contribution >= 0.6 is 39.0 Å². The molecule has 3 atom stereocenters. The number of alkyl halides is 1. The van der Waals surface area contributed by atoms with Gasteiger partial charge in [0.2, 0.25) is 0 Å². The lowest BCUT2D eigenvalue weighted by Gasteiger charge is -2.53. The van der Waals surface area contributed by atoms with Gasteiger partial charge in [-0.15, -0.1) is 23.1 Å². The Hall–Kier alpha value is -0.900. The molecule has 130 valence electrons. The summed E-state index contributed by atoms with van der Waals surface area (Å²) in [5.74, 6) is -0.905. The minimum atomic E-state index is -1.43. The molecule has 0 bridgehead atoms. The molecule has 0 radical (unpaired) electrons. The summed E-state index contributed by atoms with van der Waals surface area (Å²) in [4.78, 5) is 31.4. The van der Waals surface area contributed by atoms with E-state index in [-0.39, 0.29) is 17.9 Å². The monoisotopic (exact) mass is 432 g/mol. The van der Waals surface area contributed by atoms with Crippen LogP contribution in [0.25, 0.3) is 0 Å². The number of nitrogens with zero attached hydrogens (tertiary/aromatic N) is 2. The van der Waals surface area contributed by atoms with E-state index in [1.54, 1.807) is 11.6 Å². The molecule has 9 heteroatoms. The summed E-state index contributed by atoms with van der Waals surface area (Å²) in [5, 5.41) is 12.2. The molecule has 0 spiro atoms. The maximum atomic E-state index is 13.0. The van der Waals surface area contributed by atoms with Gasteiger partial charge in [-0.3, -0.25) is 4.79 Å². The van der Waals surface area contributed by atoms with Crippen LogP contribution in [-0.4, -0.2) is 55.7 Å². The summed E-state index contributed by atoms with van der Waals surface area (Å²) >= 11 is 6.38. The van der Waals surface area contributed by atoms with Gasteiger partial charge in [0.25, 0.3) is 5.91 Å². The van der Waals surface area contributed by atoms with E-state index in [2.05, 4.69) is 27.5 Å². The van der Waals surface area contributed by atoms with E-state index in [1.807, 2.05) is 13.8 Å². The van der Waals surface area contributed by atoms with Crippen LogP contribution in [-0.2, 0) is 18.7 Å². The predicted molar refractivity (Wildman–Crippen MR) is 96.0 cm³/mol. The largest absolute Gasteiger partial charge is 0.460 e. The Labute approximate surface area is 156 Å². The van der Waals surface area contributed by atoms with E-state index >= 15 is 0 Å². The first-order valence-corrected chi connectivity index (χ1v) is 9.82. The van der Waals surface area contributed by atoms with Gasteiger partial charge in [-0.25, -0.2) is 9.78 Å². The molecule has 0 aromatic carbocycles. The van der Waals surface area contributed by atoms with Crippen molar-refractivity contribution in [1.82, 2.24) is 9.88 Å². The Morgan fingerprint density at radius 2 is 2.33 bits per heavy atom. The van der Waals surface area contributed by atoms with Crippen LogP contribution in [0.3, 0.4) is 0 Å². The summed E-state index contributed by atoms with van der Waals surface area (Å²) in [5.41, 5.74) is -1.43. The number of carbonyl (C=O) groups is 2. The molecule has 2 saturated heterocycles. The molecular formula is C15H17BrN2O4S2. The number of hydrogen-bond donors (Lipinski definition) is 1. The number of β-lactam (4-membered cyclic amide) rings is 1. The second-order valence-corrected chi connectivity index (χ2v) is 9.96. The van der Waals surface area contributed by atoms with Gasteiger partial charge in [0, 0.05) is 16.3 Å². The third-order valence-corrected chi connectivity index (χ3v) is 8.90. The maximum absolute atomic E-state index is 13.0. The first kappa shape index (κ1) is 17.9. The maximum Gasteiger partial charge on any atom is 0.336 e. The van der Waals surface area contributed by atoms with Crippen LogP contribution in [0.15, 0.2) is 24.2 Å². The Morgan fingerprint density at radius 3 is 2.88 bits per heavy atom. The van der Waals surface area contributed by atoms with Gasteiger partial charge in [0.15, 0.2) is 9.86 Å². The molecular weight excluding hydrogens is 416 g/mol. The molecule has 3 heterocycles. The second kappa shape index (κ2) is 5.82. The molecule has 2 aliphatic rings. The van der Waals surface area contributed by atoms with Crippen molar-refractivity contribution in [2.24, 2.45) is 0 Å². The van der Waals surface area contributed by atoms with Gasteiger partial charge in [0.05, 0.1) is 6.61 Å². The number of rotatable bonds is 5. The number of aliphatic hydroxyl groups is 1. The summed E-state index contributed by atoms with van der Waals surface area (Å²) < 4.78 is 3.51. The van der Waals surface area contributed by atoms with E-state index in [1.165, 1.54) is 34.1 Å². The number of ether oxygens (including phenoxy) is 1. The number of thioether (sulfide) groups is 1. The number of aliphatic hydroxyl groups excluding tert-OH is 1. The number of amides is 1. The number of carbonyl (C=O) groups excluding carboxylic acids is 2. The quantitative estimate of drug-likeness (QED) is 0.331. The molecule has 0 unspecified atom stereocenters. The third-order valence-electron chi connectivity index (χ3n) is 4.56. The number of thiazole rings is 1. The smallest absolute Gasteiger partial charge is 0.336 e. The Balaban J connectivity index is 2.03. The molecule has 3 rings (SSSR count). The van der Waals surface area contributed by atoms with Gasteiger partial charge in [0.1, 0.15) is 17.0 Å². The molecule has 1 N–H and O–H groups in total. The number of hydrogen-bond acceptors (Lipinski definition) is 7. The van der Waals surface area contributed by atoms with Crippen molar-refractivity contribution in [2.45, 2.75) is 33.8 Å². The first-order valence-electron chi connectivity index (χ1n) is 7.27. The molecule has 2 fully saturated rings. The molecule has 2 aliphatic heterocycles. The molecule has 1 amide bonds. The SMILES string of the molecule is C=CCOC(=O)[C@]1(CO)N2C(=O)[C@@](Br)(c3nccs3)[C@H]2SC1(C)C. The van der Waals surface area contributed by atoms with E-state index in [9.17, 15) is 14.7 Å². The van der Waals surface area contributed by atoms with Gasteiger partial charge < -0.3 is 14.7 Å². The molecule has 6 nitrogen and oxygen atoms in total. The van der Waals surface area contributed by atoms with Crippen molar-refractivity contribution in [3.8, 4) is 0 Å². The van der Waals surface area contributed by atoms with Crippen LogP contribution < -0.4 is 0 Å². The topological polar surface area (TPSA) is 79.7 Å². The molecule has 1 aromatic heterocycles. The van der Waals surface area contributed by atoms with E-state index < -0.39 is 27.2 Å². The zero-order valence-electron chi connectivity index (χ0n) is 13.2. The van der Waals surface area contributed by atoms with Crippen LogP contribution in [0, 0.1) is 0 Å². The first-order chi connectivity index (χ1) is 11.3. The average Bonchev–Trinajstić information content (AvgIpc) is 3.15. The van der Waals surface area contributed by atoms with Crippen LogP contribution in [0.2, 0.25) is 0 Å². The Kier molecular flexibility index (Phi) is 4.35. The van der Waals surface area contributed by atoms with Crippen molar-refractivity contribution >= 4 is 50.9 Å². The fourth-order valence-electron chi connectivity index (χ4n) is 3.20. The highest BCUT2D eigenvalue weighted by Gasteiger charge is 2.78. The lowest BCUT2D eigenvalue weighted by atomic mass is 9.80. The van der Waals surface area contributed by atoms with Crippen LogP contribution in [0.1, 0.15) is 18.9 Å². The van der Waals surface area contributed by atoms with Gasteiger partial charge in [-0.2, -0.15) is 0 Å². The Bertz CT molecular complexity index is 696. The fourth-order valence-corrected chi connectivity index (χ4v) is 6.83. The normalized spacial score (nSPS) is 33.8. The second-order valence-electron chi connectivity index (χ2n) is 6.11. The van der Waals surface area contributed by atoms with Crippen molar-refractivity contribution < 1.29 is 19.4 Å². The van der Waals surface area contributed by atoms with Crippen molar-refractivity contribution in [3.63, 3.8) is 0 Å². The zero-order valence-corrected chi connectivity index (χ0v) is 16.4. The lowest BCUT2D eigenvalue weighted by molar-refractivity contribution is -0.178. The van der Waals surface area contributed by atoms with Crippen LogP contribution in [0.5, 0.6) is 0 Å². The molecule has 1 aromatic rings. The number of aromatic nitrogens is 1. The van der Waals surface area contributed by atoms with E-state index in [4.69, 9.17) is 4.74 Å². The highest BCUT2D eigenvalue weighted by atomic mass is 79.9. The number of esters is 1. The molecule has 24 heavy (non-hydrogen) atoms. The highest BCUT2D eigenvalue weighted by Crippen LogP contribution is 2.65. The minimum absolute atomic E-state index is 0.0277. The van der Waals surface area contributed by atoms with Gasteiger partial charge in [-0.05, 0) is 13.8 Å². The van der Waals surface area contributed by atoms with Crippen molar-refractivity contribution in [3.05, 3.63) is 29.2 Å². The summed E-state index contributed by atoms with van der Waals surface area (Å²) in [6, 6.07) is 0. The summed E-state index contributed by atoms with van der Waals surface area (Å²) in [7, 11) is 0. The van der Waals surface area contributed by atoms with Gasteiger partial charge in [-0.1, -0.05) is 28.6 Å². The summed E-state index contributed by atoms with van der Waals surface area (Å²) in [6.45, 7) is 6.72. The van der Waals surface area contributed by atoms with Crippen LogP contribution in [0.4, 0.5) is 0 Å². The van der Waals surface area contributed by atoms with E-state index in [0.29, 0.717) is 5.01 Å². The minimum Gasteiger partial charge on any atom is -0.460 e. The average molecular weight is 433 g/mol. The predicted octanol–water partition coefficient (Wildman–Crippen LogP) is 1.89. The molecule has 0 saturated carbocycles. The number of halogens is 1. The van der Waals surface area contributed by atoms with Gasteiger partial charge >= 0.3 is 5.97 Å². The highest BCUT2D eigenvalue weighted by molar-refractivity contribution is 9.10.